The maximum atomic E-state index is 13.4. The van der Waals surface area contributed by atoms with Gasteiger partial charge in [0.2, 0.25) is 0 Å². The van der Waals surface area contributed by atoms with Crippen LogP contribution in [0.5, 0.6) is 0 Å². The molecule has 0 bridgehead atoms. The van der Waals surface area contributed by atoms with Crippen molar-refractivity contribution < 1.29 is 14.1 Å². The van der Waals surface area contributed by atoms with Crippen molar-refractivity contribution in [2.24, 2.45) is 0 Å². The molecule has 0 saturated heterocycles. The van der Waals surface area contributed by atoms with E-state index in [1.54, 1.807) is 17.0 Å². The number of aromatic amines is 1. The molecule has 0 saturated carbocycles. The van der Waals surface area contributed by atoms with E-state index in [0.717, 1.165) is 22.0 Å². The number of rotatable bonds is 4. The van der Waals surface area contributed by atoms with E-state index in [1.807, 2.05) is 12.3 Å². The lowest BCUT2D eigenvalue weighted by atomic mass is 9.98. The monoisotopic (exact) mass is 432 g/mol. The zero-order valence-corrected chi connectivity index (χ0v) is 16.7. The molecule has 160 valence electrons. The Hall–Kier alpha value is -4.34. The van der Waals surface area contributed by atoms with Crippen molar-refractivity contribution >= 4 is 28.1 Å². The molecule has 32 heavy (non-hydrogen) atoms. The van der Waals surface area contributed by atoms with Crippen molar-refractivity contribution in [3.05, 3.63) is 88.4 Å². The van der Waals surface area contributed by atoms with E-state index in [9.17, 15) is 19.3 Å². The van der Waals surface area contributed by atoms with Crippen LogP contribution in [0.3, 0.4) is 0 Å². The fourth-order valence-corrected chi connectivity index (χ4v) is 3.97. The molecule has 0 atom stereocenters. The lowest BCUT2D eigenvalue weighted by Gasteiger charge is -2.26. The number of H-pyrrole nitrogens is 1. The summed E-state index contributed by atoms with van der Waals surface area (Å²) in [7, 11) is 0. The molecule has 0 spiro atoms. The second kappa shape index (κ2) is 7.73. The van der Waals surface area contributed by atoms with E-state index in [4.69, 9.17) is 0 Å². The second-order valence-corrected chi connectivity index (χ2v) is 7.42. The van der Waals surface area contributed by atoms with Crippen molar-refractivity contribution in [3.63, 3.8) is 0 Å². The van der Waals surface area contributed by atoms with Crippen LogP contribution in [0.15, 0.2) is 61.3 Å². The van der Waals surface area contributed by atoms with Gasteiger partial charge in [0.05, 0.1) is 4.92 Å². The third-order valence-corrected chi connectivity index (χ3v) is 5.57. The van der Waals surface area contributed by atoms with Gasteiger partial charge in [-0.05, 0) is 42.3 Å². The number of nitro benzene ring substituents is 1. The Morgan fingerprint density at radius 2 is 2.09 bits per heavy atom. The van der Waals surface area contributed by atoms with E-state index >= 15 is 0 Å². The van der Waals surface area contributed by atoms with Crippen molar-refractivity contribution in [3.8, 4) is 5.69 Å². The van der Waals surface area contributed by atoms with Crippen LogP contribution in [-0.2, 0) is 0 Å². The lowest BCUT2D eigenvalue weighted by molar-refractivity contribution is -0.384. The summed E-state index contributed by atoms with van der Waals surface area (Å²) in [5.41, 5.74) is 3.03. The number of aromatic nitrogens is 4. The highest BCUT2D eigenvalue weighted by Gasteiger charge is 2.24. The fourth-order valence-electron chi connectivity index (χ4n) is 3.97. The molecule has 9 nitrogen and oxygen atoms in total. The number of amides is 1. The Kier molecular flexibility index (Phi) is 4.74. The van der Waals surface area contributed by atoms with Crippen LogP contribution in [0.25, 0.3) is 22.2 Å². The van der Waals surface area contributed by atoms with Crippen LogP contribution in [0.4, 0.5) is 10.1 Å². The Bertz CT molecular complexity index is 1380. The second-order valence-electron chi connectivity index (χ2n) is 7.42. The van der Waals surface area contributed by atoms with Gasteiger partial charge in [-0.1, -0.05) is 6.08 Å². The molecular formula is C22H17FN6O3. The molecule has 1 N–H and O–H groups in total. The molecule has 0 fully saturated rings. The number of nitro groups is 1. The number of nitrogens with one attached hydrogen (secondary N) is 1. The first-order valence-corrected chi connectivity index (χ1v) is 9.90. The van der Waals surface area contributed by atoms with Gasteiger partial charge in [-0.25, -0.2) is 14.1 Å². The Morgan fingerprint density at radius 1 is 1.22 bits per heavy atom. The molecule has 3 heterocycles. The molecule has 5 rings (SSSR count). The van der Waals surface area contributed by atoms with Crippen molar-refractivity contribution in [2.75, 3.05) is 13.1 Å². The highest BCUT2D eigenvalue weighted by molar-refractivity contribution is 5.97. The van der Waals surface area contributed by atoms with Crippen LogP contribution in [0.2, 0.25) is 0 Å². The Morgan fingerprint density at radius 3 is 2.81 bits per heavy atom. The average Bonchev–Trinajstić information content (AvgIpc) is 3.48. The molecule has 1 aliphatic rings. The SMILES string of the molecule is O=C(c1ccc(-n2cncn2)c([N+](=O)[O-])c1)N1CC=C(c2c[nH]c3cc(F)ccc23)CC1. The summed E-state index contributed by atoms with van der Waals surface area (Å²) in [6.07, 6.45) is 7.07. The predicted molar refractivity (Wildman–Crippen MR) is 115 cm³/mol. The van der Waals surface area contributed by atoms with E-state index in [-0.39, 0.29) is 28.7 Å². The van der Waals surface area contributed by atoms with Crippen LogP contribution in [0.1, 0.15) is 22.3 Å². The first kappa shape index (κ1) is 19.6. The molecule has 1 aliphatic heterocycles. The number of carbonyl (C=O) groups is 1. The average molecular weight is 432 g/mol. The van der Waals surface area contributed by atoms with Crippen molar-refractivity contribution in [2.45, 2.75) is 6.42 Å². The van der Waals surface area contributed by atoms with Crippen molar-refractivity contribution in [1.82, 2.24) is 24.6 Å². The third kappa shape index (κ3) is 3.41. The highest BCUT2D eigenvalue weighted by atomic mass is 19.1. The summed E-state index contributed by atoms with van der Waals surface area (Å²) >= 11 is 0. The first-order valence-electron chi connectivity index (χ1n) is 9.90. The predicted octanol–water partition coefficient (Wildman–Crippen LogP) is 3.73. The molecule has 0 unspecified atom stereocenters. The minimum atomic E-state index is -0.540. The maximum absolute atomic E-state index is 13.4. The quantitative estimate of drug-likeness (QED) is 0.390. The molecule has 2 aromatic heterocycles. The number of fused-ring (bicyclic) bond motifs is 1. The maximum Gasteiger partial charge on any atom is 0.295 e. The smallest absolute Gasteiger partial charge is 0.295 e. The molecule has 1 amide bonds. The molecule has 2 aromatic carbocycles. The van der Waals surface area contributed by atoms with Gasteiger partial charge in [-0.3, -0.25) is 14.9 Å². The van der Waals surface area contributed by atoms with Crippen LogP contribution in [-0.4, -0.2) is 48.6 Å². The van der Waals surface area contributed by atoms with E-state index in [1.165, 1.54) is 41.6 Å². The number of hydrogen-bond donors (Lipinski definition) is 1. The van der Waals surface area contributed by atoms with Crippen LogP contribution >= 0.6 is 0 Å². The standard InChI is InChI=1S/C22H17FN6O3/c23-16-2-3-17-18(11-25-19(17)10-16)14-5-7-27(8-6-14)22(30)15-1-4-20(21(9-15)29(31)32)28-13-24-12-26-28/h1-5,9-13,25H,6-8H2. The lowest BCUT2D eigenvalue weighted by Crippen LogP contribution is -2.34. The first-order chi connectivity index (χ1) is 15.5. The molecule has 0 aliphatic carbocycles. The topological polar surface area (TPSA) is 110 Å². The summed E-state index contributed by atoms with van der Waals surface area (Å²) < 4.78 is 14.7. The summed E-state index contributed by atoms with van der Waals surface area (Å²) in [5.74, 6) is -0.584. The van der Waals surface area contributed by atoms with Gasteiger partial charge < -0.3 is 9.88 Å². The van der Waals surface area contributed by atoms with Gasteiger partial charge in [-0.15, -0.1) is 0 Å². The summed E-state index contributed by atoms with van der Waals surface area (Å²) in [5, 5.41) is 16.4. The summed E-state index contributed by atoms with van der Waals surface area (Å²) in [6, 6.07) is 8.94. The summed E-state index contributed by atoms with van der Waals surface area (Å²) in [6.45, 7) is 0.845. The number of nitrogens with zero attached hydrogens (tertiary/aromatic N) is 5. The molecule has 10 heteroatoms. The van der Waals surface area contributed by atoms with Crippen LogP contribution in [0, 0.1) is 15.9 Å². The van der Waals surface area contributed by atoms with Gasteiger partial charge in [0.1, 0.15) is 24.2 Å². The van der Waals surface area contributed by atoms with Gasteiger partial charge >= 0.3 is 0 Å². The highest BCUT2D eigenvalue weighted by Crippen LogP contribution is 2.30. The van der Waals surface area contributed by atoms with Gasteiger partial charge in [0, 0.05) is 47.4 Å². The number of benzene rings is 2. The number of hydrogen-bond acceptors (Lipinski definition) is 5. The summed E-state index contributed by atoms with van der Waals surface area (Å²) in [4.78, 5) is 32.6. The van der Waals surface area contributed by atoms with E-state index in [0.29, 0.717) is 19.5 Å². The fraction of sp³-hybridized carbons (Fsp3) is 0.136. The molecule has 4 aromatic rings. The molecular weight excluding hydrogens is 415 g/mol. The largest absolute Gasteiger partial charge is 0.360 e. The Balaban J connectivity index is 1.38. The minimum absolute atomic E-state index is 0.222. The number of halogens is 1. The van der Waals surface area contributed by atoms with Gasteiger partial charge in [-0.2, -0.15) is 5.10 Å². The normalized spacial score (nSPS) is 13.9. The Labute approximate surface area is 180 Å². The van der Waals surface area contributed by atoms with E-state index < -0.39 is 4.92 Å². The van der Waals surface area contributed by atoms with Gasteiger partial charge in [0.15, 0.2) is 0 Å². The zero-order valence-electron chi connectivity index (χ0n) is 16.7. The third-order valence-electron chi connectivity index (χ3n) is 5.57. The zero-order chi connectivity index (χ0) is 22.2. The molecule has 0 radical (unpaired) electrons. The number of carbonyl (C=O) groups excluding carboxylic acids is 1. The van der Waals surface area contributed by atoms with Crippen LogP contribution < -0.4 is 0 Å². The van der Waals surface area contributed by atoms with Gasteiger partial charge in [0.25, 0.3) is 11.6 Å². The van der Waals surface area contributed by atoms with E-state index in [2.05, 4.69) is 15.1 Å². The van der Waals surface area contributed by atoms with Crippen molar-refractivity contribution in [1.29, 1.82) is 0 Å². The minimum Gasteiger partial charge on any atom is -0.360 e.